The van der Waals surface area contributed by atoms with E-state index in [-0.39, 0.29) is 27.8 Å². The molecule has 0 amide bonds. The van der Waals surface area contributed by atoms with Crippen LogP contribution in [0, 0.1) is 0 Å². The smallest absolute Gasteiger partial charge is 0.340 e. The summed E-state index contributed by atoms with van der Waals surface area (Å²) in [5.41, 5.74) is 0.762. The van der Waals surface area contributed by atoms with E-state index in [2.05, 4.69) is 0 Å². The zero-order valence-electron chi connectivity index (χ0n) is 27.5. The Morgan fingerprint density at radius 1 is 0.385 bits per heavy atom. The fraction of sp³-hybridized carbons (Fsp3) is 0.146. The van der Waals surface area contributed by atoms with E-state index in [9.17, 15) is 24.0 Å². The van der Waals surface area contributed by atoms with Gasteiger partial charge in [-0.15, -0.1) is 0 Å². The van der Waals surface area contributed by atoms with Gasteiger partial charge in [0.1, 0.15) is 12.7 Å². The monoisotopic (exact) mass is 700 g/mol. The molecule has 262 valence electrons. The van der Waals surface area contributed by atoms with Gasteiger partial charge in [-0.25, -0.2) is 24.0 Å². The van der Waals surface area contributed by atoms with Crippen molar-refractivity contribution in [1.82, 2.24) is 0 Å². The summed E-state index contributed by atoms with van der Waals surface area (Å²) in [5, 5.41) is 0. The molecule has 0 radical (unpaired) electrons. The fourth-order valence-corrected chi connectivity index (χ4v) is 5.37. The average molecular weight is 701 g/mol. The molecule has 0 aliphatic carbocycles. The number of hydrogen-bond acceptors (Lipinski definition) is 11. The molecule has 11 heteroatoms. The molecule has 1 aliphatic rings. The highest BCUT2D eigenvalue weighted by Gasteiger charge is 2.54. The molecule has 0 aromatic heterocycles. The summed E-state index contributed by atoms with van der Waals surface area (Å²) in [7, 11) is 0. The molecular formula is C41H32O11. The second-order valence-electron chi connectivity index (χ2n) is 11.5. The average Bonchev–Trinajstić information content (AvgIpc) is 3.20. The number of esters is 5. The Kier molecular flexibility index (Phi) is 11.4. The van der Waals surface area contributed by atoms with Crippen LogP contribution in [0.25, 0.3) is 0 Å². The molecule has 0 N–H and O–H groups in total. The quantitative estimate of drug-likeness (QED) is 0.117. The van der Waals surface area contributed by atoms with Crippen molar-refractivity contribution in [2.24, 2.45) is 0 Å². The summed E-state index contributed by atoms with van der Waals surface area (Å²) < 4.78 is 35.5. The van der Waals surface area contributed by atoms with Gasteiger partial charge in [-0.05, 0) is 60.7 Å². The largest absolute Gasteiger partial charge is 0.459 e. The summed E-state index contributed by atoms with van der Waals surface area (Å²) in [4.78, 5) is 67.4. The van der Waals surface area contributed by atoms with Crippen LogP contribution in [0.15, 0.2) is 152 Å². The lowest BCUT2D eigenvalue weighted by atomic mass is 9.97. The minimum absolute atomic E-state index is 0.125. The first kappa shape index (κ1) is 35.2. The normalized spacial score (nSPS) is 19.3. The summed E-state index contributed by atoms with van der Waals surface area (Å²) >= 11 is 0. The van der Waals surface area contributed by atoms with Crippen LogP contribution in [0.3, 0.4) is 0 Å². The third-order valence-corrected chi connectivity index (χ3v) is 7.97. The molecular weight excluding hydrogens is 668 g/mol. The number of ether oxygens (including phenoxy) is 6. The van der Waals surface area contributed by atoms with Crippen molar-refractivity contribution >= 4 is 29.8 Å². The lowest BCUT2D eigenvalue weighted by Gasteiger charge is -2.43. The molecule has 0 spiro atoms. The van der Waals surface area contributed by atoms with Gasteiger partial charge in [0.25, 0.3) is 0 Å². The molecule has 5 aromatic rings. The van der Waals surface area contributed by atoms with Crippen LogP contribution in [0.2, 0.25) is 0 Å². The first-order chi connectivity index (χ1) is 25.4. The number of benzene rings is 5. The maximum atomic E-state index is 13.7. The van der Waals surface area contributed by atoms with Crippen LogP contribution >= 0.6 is 0 Å². The topological polar surface area (TPSA) is 141 Å². The van der Waals surface area contributed by atoms with Crippen molar-refractivity contribution in [3.63, 3.8) is 0 Å². The van der Waals surface area contributed by atoms with Crippen molar-refractivity contribution in [2.45, 2.75) is 30.7 Å². The molecule has 11 nitrogen and oxygen atoms in total. The summed E-state index contributed by atoms with van der Waals surface area (Å²) in [6.45, 7) is -0.557. The minimum Gasteiger partial charge on any atom is -0.459 e. The van der Waals surface area contributed by atoms with Gasteiger partial charge >= 0.3 is 29.8 Å². The standard InChI is InChI=1S/C41H32O11/c42-36(27-16-6-1-7-17-27)47-26-32-33(49-37(43)28-18-8-2-9-19-28)34(50-38(44)29-20-10-3-11-21-29)35(51-39(45)30-22-12-4-13-23-30)41(48-32)52-40(46)31-24-14-5-15-25-31/h1-25,32-35,41H,26H2/t32?,33-,34?,35?,41-/m0/s1. The van der Waals surface area contributed by atoms with E-state index in [0.29, 0.717) is 0 Å². The molecule has 5 aromatic carbocycles. The summed E-state index contributed by atoms with van der Waals surface area (Å²) in [6, 6.07) is 40.0. The Hall–Kier alpha value is -6.59. The zero-order valence-corrected chi connectivity index (χ0v) is 27.5. The van der Waals surface area contributed by atoms with E-state index < -0.39 is 67.2 Å². The van der Waals surface area contributed by atoms with E-state index in [4.69, 9.17) is 28.4 Å². The predicted octanol–water partition coefficient (Wildman–Crippen LogP) is 6.10. The minimum atomic E-state index is -1.75. The zero-order chi connectivity index (χ0) is 36.3. The molecule has 1 saturated heterocycles. The Morgan fingerprint density at radius 3 is 1.08 bits per heavy atom. The van der Waals surface area contributed by atoms with E-state index in [1.165, 1.54) is 48.5 Å². The maximum Gasteiger partial charge on any atom is 0.340 e. The molecule has 0 bridgehead atoms. The fourth-order valence-electron chi connectivity index (χ4n) is 5.37. The highest BCUT2D eigenvalue weighted by molar-refractivity contribution is 5.92. The Morgan fingerprint density at radius 2 is 0.692 bits per heavy atom. The molecule has 1 aliphatic heterocycles. The number of carbonyl (C=O) groups excluding carboxylic acids is 5. The molecule has 1 fully saturated rings. The summed E-state index contributed by atoms with van der Waals surface area (Å²) in [6.07, 6.45) is -8.07. The van der Waals surface area contributed by atoms with E-state index >= 15 is 0 Å². The number of rotatable bonds is 11. The van der Waals surface area contributed by atoms with Crippen LogP contribution in [-0.4, -0.2) is 67.2 Å². The highest BCUT2D eigenvalue weighted by Crippen LogP contribution is 2.32. The van der Waals surface area contributed by atoms with Crippen LogP contribution in [0.4, 0.5) is 0 Å². The van der Waals surface area contributed by atoms with Crippen molar-refractivity contribution in [2.75, 3.05) is 6.61 Å². The third-order valence-electron chi connectivity index (χ3n) is 7.97. The highest BCUT2D eigenvalue weighted by atomic mass is 16.7. The van der Waals surface area contributed by atoms with Gasteiger partial charge in [0.2, 0.25) is 12.4 Å². The van der Waals surface area contributed by atoms with Crippen LogP contribution in [0.1, 0.15) is 51.8 Å². The first-order valence-electron chi connectivity index (χ1n) is 16.3. The van der Waals surface area contributed by atoms with Crippen molar-refractivity contribution < 1.29 is 52.4 Å². The maximum absolute atomic E-state index is 13.7. The number of carbonyl (C=O) groups is 5. The van der Waals surface area contributed by atoms with Crippen molar-refractivity contribution in [3.8, 4) is 0 Å². The van der Waals surface area contributed by atoms with E-state index in [1.54, 1.807) is 103 Å². The van der Waals surface area contributed by atoms with Gasteiger partial charge in [0.15, 0.2) is 12.2 Å². The predicted molar refractivity (Wildman–Crippen MR) is 184 cm³/mol. The van der Waals surface area contributed by atoms with Gasteiger partial charge in [-0.1, -0.05) is 91.0 Å². The van der Waals surface area contributed by atoms with Gasteiger partial charge in [0, 0.05) is 0 Å². The molecule has 6 rings (SSSR count). The first-order valence-corrected chi connectivity index (χ1v) is 16.3. The van der Waals surface area contributed by atoms with Crippen LogP contribution in [0.5, 0.6) is 0 Å². The van der Waals surface area contributed by atoms with Crippen LogP contribution < -0.4 is 0 Å². The molecule has 5 atom stereocenters. The van der Waals surface area contributed by atoms with Crippen LogP contribution in [-0.2, 0) is 28.4 Å². The third kappa shape index (κ3) is 8.76. The van der Waals surface area contributed by atoms with E-state index in [1.807, 2.05) is 0 Å². The van der Waals surface area contributed by atoms with Gasteiger partial charge in [-0.2, -0.15) is 0 Å². The van der Waals surface area contributed by atoms with Gasteiger partial charge in [-0.3, -0.25) is 0 Å². The van der Waals surface area contributed by atoms with Gasteiger partial charge < -0.3 is 28.4 Å². The Labute approximate surface area is 298 Å². The molecule has 3 unspecified atom stereocenters. The second kappa shape index (κ2) is 16.9. The molecule has 52 heavy (non-hydrogen) atoms. The second-order valence-corrected chi connectivity index (χ2v) is 11.5. The Bertz CT molecular complexity index is 1970. The number of hydrogen-bond donors (Lipinski definition) is 0. The Balaban J connectivity index is 1.41. The van der Waals surface area contributed by atoms with Crippen molar-refractivity contribution in [1.29, 1.82) is 0 Å². The van der Waals surface area contributed by atoms with E-state index in [0.717, 1.165) is 0 Å². The van der Waals surface area contributed by atoms with Crippen molar-refractivity contribution in [3.05, 3.63) is 179 Å². The molecule has 0 saturated carbocycles. The van der Waals surface area contributed by atoms with Gasteiger partial charge in [0.05, 0.1) is 27.8 Å². The lowest BCUT2D eigenvalue weighted by molar-refractivity contribution is -0.282. The molecule has 1 heterocycles. The SMILES string of the molecule is O=C(OCC1O[C@@H](OC(=O)c2ccccc2)C(OC(=O)c2ccccc2)C(OC(=O)c2ccccc2)[C@H]1OC(=O)c1ccccc1)c1ccccc1. The summed E-state index contributed by atoms with van der Waals surface area (Å²) in [5.74, 6) is -4.19. The lowest BCUT2D eigenvalue weighted by Crippen LogP contribution is -2.63.